The Balaban J connectivity index is 1.99. The highest BCUT2D eigenvalue weighted by molar-refractivity contribution is 5.74. The fourth-order valence-electron chi connectivity index (χ4n) is 3.04. The summed E-state index contributed by atoms with van der Waals surface area (Å²) in [4.78, 5) is 0. The highest BCUT2D eigenvalue weighted by Gasteiger charge is 2.36. The Morgan fingerprint density at radius 1 is 0.815 bits per heavy atom. The van der Waals surface area contributed by atoms with Gasteiger partial charge in [0.05, 0.1) is 0 Å². The van der Waals surface area contributed by atoms with Gasteiger partial charge in [-0.15, -0.1) is 0 Å². The fraction of sp³-hybridized carbons (Fsp3) is 0.182. The van der Waals surface area contributed by atoms with E-state index in [1.54, 1.807) is 18.2 Å². The van der Waals surface area contributed by atoms with Crippen LogP contribution in [0.2, 0.25) is 0 Å². The Bertz CT molecular complexity index is 907. The molecule has 27 heavy (non-hydrogen) atoms. The van der Waals surface area contributed by atoms with Crippen molar-refractivity contribution in [3.63, 3.8) is 0 Å². The van der Waals surface area contributed by atoms with Crippen LogP contribution in [0.1, 0.15) is 12.0 Å². The van der Waals surface area contributed by atoms with E-state index in [2.05, 4.69) is 0 Å². The molecule has 0 aliphatic rings. The van der Waals surface area contributed by atoms with Gasteiger partial charge >= 0.3 is 6.18 Å². The van der Waals surface area contributed by atoms with Crippen LogP contribution in [0.15, 0.2) is 72.8 Å². The van der Waals surface area contributed by atoms with Gasteiger partial charge in [0, 0.05) is 0 Å². The van der Waals surface area contributed by atoms with Crippen molar-refractivity contribution in [2.24, 2.45) is 5.73 Å². The smallest absolute Gasteiger partial charge is 0.403 e. The minimum atomic E-state index is -4.41. The van der Waals surface area contributed by atoms with E-state index in [0.29, 0.717) is 0 Å². The minimum Gasteiger partial charge on any atom is -0.508 e. The SMILES string of the molecule is NC(CCc1cc(-c2ccccc2)ccc1-c1cccc(O)c1)C(F)(F)F. The lowest BCUT2D eigenvalue weighted by atomic mass is 9.91. The number of hydrogen-bond acceptors (Lipinski definition) is 2. The zero-order chi connectivity index (χ0) is 19.4. The lowest BCUT2D eigenvalue weighted by Crippen LogP contribution is -2.37. The molecule has 0 bridgehead atoms. The van der Waals surface area contributed by atoms with E-state index < -0.39 is 12.2 Å². The Kier molecular flexibility index (Phi) is 5.51. The molecule has 0 saturated carbocycles. The molecule has 5 heteroatoms. The molecule has 0 aromatic heterocycles. The molecule has 0 fully saturated rings. The van der Waals surface area contributed by atoms with Crippen molar-refractivity contribution in [3.05, 3.63) is 78.4 Å². The predicted molar refractivity (Wildman–Crippen MR) is 101 cm³/mol. The molecule has 3 aromatic carbocycles. The number of halogens is 3. The first-order valence-corrected chi connectivity index (χ1v) is 8.64. The Labute approximate surface area is 156 Å². The largest absolute Gasteiger partial charge is 0.508 e. The number of alkyl halides is 3. The van der Waals surface area contributed by atoms with Gasteiger partial charge in [-0.1, -0.05) is 60.7 Å². The van der Waals surface area contributed by atoms with Crippen LogP contribution in [-0.2, 0) is 6.42 Å². The van der Waals surface area contributed by atoms with Gasteiger partial charge in [-0.25, -0.2) is 0 Å². The van der Waals surface area contributed by atoms with Crippen LogP contribution in [0.5, 0.6) is 5.75 Å². The number of phenolic OH excluding ortho intramolecular Hbond substituents is 1. The maximum atomic E-state index is 12.8. The molecular weight excluding hydrogens is 351 g/mol. The average molecular weight is 371 g/mol. The molecule has 0 radical (unpaired) electrons. The second kappa shape index (κ2) is 7.84. The first-order valence-electron chi connectivity index (χ1n) is 8.64. The number of phenols is 1. The molecular formula is C22H20F3NO. The van der Waals surface area contributed by atoms with Gasteiger partial charge in [-0.05, 0) is 52.8 Å². The summed E-state index contributed by atoms with van der Waals surface area (Å²) in [5, 5.41) is 9.75. The molecule has 0 heterocycles. The van der Waals surface area contributed by atoms with Crippen LogP contribution < -0.4 is 5.73 Å². The molecule has 3 rings (SSSR count). The van der Waals surface area contributed by atoms with Crippen molar-refractivity contribution in [1.29, 1.82) is 0 Å². The van der Waals surface area contributed by atoms with Crippen molar-refractivity contribution >= 4 is 0 Å². The van der Waals surface area contributed by atoms with Crippen LogP contribution >= 0.6 is 0 Å². The lowest BCUT2D eigenvalue weighted by Gasteiger charge is -2.17. The molecule has 1 atom stereocenters. The summed E-state index contributed by atoms with van der Waals surface area (Å²) in [5.74, 6) is 0.109. The van der Waals surface area contributed by atoms with Crippen molar-refractivity contribution in [2.75, 3.05) is 0 Å². The van der Waals surface area contributed by atoms with E-state index >= 15 is 0 Å². The van der Waals surface area contributed by atoms with E-state index in [0.717, 1.165) is 27.8 Å². The molecule has 0 amide bonds. The maximum absolute atomic E-state index is 12.8. The van der Waals surface area contributed by atoms with Gasteiger partial charge in [0.2, 0.25) is 0 Å². The highest BCUT2D eigenvalue weighted by Crippen LogP contribution is 2.32. The van der Waals surface area contributed by atoms with Crippen LogP contribution in [0.25, 0.3) is 22.3 Å². The minimum absolute atomic E-state index is 0.109. The monoisotopic (exact) mass is 371 g/mol. The Morgan fingerprint density at radius 2 is 1.52 bits per heavy atom. The summed E-state index contributed by atoms with van der Waals surface area (Å²) in [6.07, 6.45) is -4.43. The Morgan fingerprint density at radius 3 is 2.19 bits per heavy atom. The first-order chi connectivity index (χ1) is 12.8. The first kappa shape index (κ1) is 19.0. The summed E-state index contributed by atoms with van der Waals surface area (Å²) in [5.41, 5.74) is 9.52. The third-order valence-electron chi connectivity index (χ3n) is 4.51. The van der Waals surface area contributed by atoms with Crippen LogP contribution in [0, 0.1) is 0 Å². The number of hydrogen-bond donors (Lipinski definition) is 2. The maximum Gasteiger partial charge on any atom is 0.403 e. The second-order valence-electron chi connectivity index (χ2n) is 6.48. The van der Waals surface area contributed by atoms with E-state index in [9.17, 15) is 18.3 Å². The number of rotatable bonds is 5. The highest BCUT2D eigenvalue weighted by atomic mass is 19.4. The number of aromatic hydroxyl groups is 1. The van der Waals surface area contributed by atoms with Crippen molar-refractivity contribution in [1.82, 2.24) is 0 Å². The van der Waals surface area contributed by atoms with E-state index in [1.165, 1.54) is 0 Å². The van der Waals surface area contributed by atoms with Gasteiger partial charge in [-0.3, -0.25) is 0 Å². The van der Waals surface area contributed by atoms with Gasteiger partial charge in [0.1, 0.15) is 11.8 Å². The molecule has 0 aliphatic heterocycles. The normalized spacial score (nSPS) is 12.7. The van der Waals surface area contributed by atoms with Crippen LogP contribution in [0.3, 0.4) is 0 Å². The lowest BCUT2D eigenvalue weighted by molar-refractivity contribution is -0.148. The topological polar surface area (TPSA) is 46.2 Å². The van der Waals surface area contributed by atoms with Gasteiger partial charge in [0.15, 0.2) is 0 Å². The standard InChI is InChI=1S/C22H20F3NO/c23-22(24,25)21(26)12-10-18-13-16(15-5-2-1-3-6-15)9-11-20(18)17-7-4-8-19(27)14-17/h1-9,11,13-14,21,27H,10,12,26H2. The summed E-state index contributed by atoms with van der Waals surface area (Å²) >= 11 is 0. The average Bonchev–Trinajstić information content (AvgIpc) is 2.66. The number of benzene rings is 3. The van der Waals surface area contributed by atoms with Gasteiger partial charge in [-0.2, -0.15) is 13.2 Å². The molecule has 2 nitrogen and oxygen atoms in total. The molecule has 1 unspecified atom stereocenters. The molecule has 0 spiro atoms. The third-order valence-corrected chi connectivity index (χ3v) is 4.51. The fourth-order valence-corrected chi connectivity index (χ4v) is 3.04. The predicted octanol–water partition coefficient (Wildman–Crippen LogP) is 5.55. The number of aryl methyl sites for hydroxylation is 1. The molecule has 0 aliphatic carbocycles. The summed E-state index contributed by atoms with van der Waals surface area (Å²) in [6, 6.07) is 20.2. The van der Waals surface area contributed by atoms with Gasteiger partial charge in [0.25, 0.3) is 0 Å². The van der Waals surface area contributed by atoms with Crippen molar-refractivity contribution < 1.29 is 18.3 Å². The summed E-state index contributed by atoms with van der Waals surface area (Å²) in [7, 11) is 0. The van der Waals surface area contributed by atoms with Crippen LogP contribution in [0.4, 0.5) is 13.2 Å². The Hall–Kier alpha value is -2.79. The molecule has 3 aromatic rings. The van der Waals surface area contributed by atoms with Gasteiger partial charge < -0.3 is 10.8 Å². The zero-order valence-corrected chi connectivity index (χ0v) is 14.6. The summed E-state index contributed by atoms with van der Waals surface area (Å²) in [6.45, 7) is 0. The summed E-state index contributed by atoms with van der Waals surface area (Å²) < 4.78 is 38.4. The van der Waals surface area contributed by atoms with Crippen molar-refractivity contribution in [2.45, 2.75) is 25.1 Å². The molecule has 0 saturated heterocycles. The van der Waals surface area contributed by atoms with Crippen molar-refractivity contribution in [3.8, 4) is 28.0 Å². The zero-order valence-electron chi connectivity index (χ0n) is 14.6. The molecule has 140 valence electrons. The van der Waals surface area contributed by atoms with Crippen LogP contribution in [-0.4, -0.2) is 17.3 Å². The van der Waals surface area contributed by atoms with E-state index in [4.69, 9.17) is 5.73 Å². The number of nitrogens with two attached hydrogens (primary N) is 1. The molecule has 3 N–H and O–H groups in total. The third kappa shape index (κ3) is 4.68. The second-order valence-corrected chi connectivity index (χ2v) is 6.48. The van der Waals surface area contributed by atoms with E-state index in [-0.39, 0.29) is 18.6 Å². The quantitative estimate of drug-likeness (QED) is 0.618. The van der Waals surface area contributed by atoms with E-state index in [1.807, 2.05) is 54.6 Å².